The molecule has 42 heavy (non-hydrogen) atoms. The van der Waals surface area contributed by atoms with E-state index < -0.39 is 57.3 Å². The fourth-order valence-electron chi connectivity index (χ4n) is 4.48. The zero-order chi connectivity index (χ0) is 30.8. The predicted molar refractivity (Wildman–Crippen MR) is 143 cm³/mol. The van der Waals surface area contributed by atoms with Crippen LogP contribution in [-0.4, -0.2) is 51.6 Å². The molecule has 4 rings (SSSR count). The molecule has 0 bridgehead atoms. The Balaban J connectivity index is 1.80. The second-order valence-electron chi connectivity index (χ2n) is 9.43. The highest BCUT2D eigenvalue weighted by Crippen LogP contribution is 2.34. The average Bonchev–Trinajstić information content (AvgIpc) is 3.33. The van der Waals surface area contributed by atoms with Gasteiger partial charge in [-0.3, -0.25) is 9.20 Å². The molecular weight excluding hydrogens is 581 g/mol. The maximum atomic E-state index is 14.6. The molecule has 0 aliphatic heterocycles. The van der Waals surface area contributed by atoms with Crippen molar-refractivity contribution < 1.29 is 35.2 Å². The number of benzene rings is 2. The summed E-state index contributed by atoms with van der Waals surface area (Å²) in [6.07, 6.45) is -2.52. The average molecular weight is 606 g/mol. The highest BCUT2D eigenvalue weighted by Gasteiger charge is 2.35. The minimum Gasteiger partial charge on any atom is -0.333 e. The molecule has 2 heterocycles. The quantitative estimate of drug-likeness (QED) is 0.245. The number of hydrogen-bond donors (Lipinski definition) is 0. The molecule has 0 saturated heterocycles. The SMILES string of the molecule is CCS(=O)(=O)CCN(C(=O)Cc1ccc(F)c(C(F)(F)F)c1)C(C)c1nc2ncccn2c1-c1ccc(C#N)c(F)c1. The molecule has 1 unspecified atom stereocenters. The van der Waals surface area contributed by atoms with E-state index in [2.05, 4.69) is 9.97 Å². The Morgan fingerprint density at radius 1 is 1.14 bits per heavy atom. The minimum atomic E-state index is -4.99. The summed E-state index contributed by atoms with van der Waals surface area (Å²) >= 11 is 0. The predicted octanol–water partition coefficient (Wildman–Crippen LogP) is 5.13. The van der Waals surface area contributed by atoms with E-state index >= 15 is 0 Å². The van der Waals surface area contributed by atoms with Gasteiger partial charge in [0, 0.05) is 30.3 Å². The first-order valence-corrected chi connectivity index (χ1v) is 14.5. The number of rotatable bonds is 9. The number of nitriles is 1. The van der Waals surface area contributed by atoms with E-state index in [0.29, 0.717) is 17.8 Å². The number of alkyl halides is 3. The lowest BCUT2D eigenvalue weighted by Crippen LogP contribution is -2.38. The van der Waals surface area contributed by atoms with Crippen LogP contribution < -0.4 is 0 Å². The molecule has 8 nitrogen and oxygen atoms in total. The maximum absolute atomic E-state index is 14.6. The van der Waals surface area contributed by atoms with Gasteiger partial charge in [0.1, 0.15) is 17.7 Å². The maximum Gasteiger partial charge on any atom is 0.419 e. The molecule has 0 fully saturated rings. The zero-order valence-corrected chi connectivity index (χ0v) is 23.2. The lowest BCUT2D eigenvalue weighted by atomic mass is 10.0. The van der Waals surface area contributed by atoms with Crippen LogP contribution in [0, 0.1) is 23.0 Å². The van der Waals surface area contributed by atoms with Crippen LogP contribution in [0.25, 0.3) is 17.0 Å². The number of fused-ring (bicyclic) bond motifs is 1. The van der Waals surface area contributed by atoms with Crippen LogP contribution in [0.1, 0.15) is 42.3 Å². The van der Waals surface area contributed by atoms with Crippen LogP contribution in [0.5, 0.6) is 0 Å². The monoisotopic (exact) mass is 605 g/mol. The molecule has 2 aromatic carbocycles. The van der Waals surface area contributed by atoms with Gasteiger partial charge in [0.05, 0.1) is 40.7 Å². The van der Waals surface area contributed by atoms with Gasteiger partial charge in [-0.1, -0.05) is 19.1 Å². The van der Waals surface area contributed by atoms with Gasteiger partial charge < -0.3 is 4.90 Å². The van der Waals surface area contributed by atoms with Crippen molar-refractivity contribution in [3.63, 3.8) is 0 Å². The second-order valence-corrected chi connectivity index (χ2v) is 11.9. The normalized spacial score (nSPS) is 12.7. The summed E-state index contributed by atoms with van der Waals surface area (Å²) in [7, 11) is -3.58. The number of sulfone groups is 1. The molecule has 0 saturated carbocycles. The van der Waals surface area contributed by atoms with E-state index in [-0.39, 0.29) is 40.5 Å². The Labute approximate surface area is 238 Å². The van der Waals surface area contributed by atoms with Crippen molar-refractivity contribution in [3.05, 3.63) is 88.9 Å². The fraction of sp³-hybridized carbons (Fsp3) is 0.286. The molecule has 4 aromatic rings. The smallest absolute Gasteiger partial charge is 0.333 e. The summed E-state index contributed by atoms with van der Waals surface area (Å²) in [6, 6.07) is 8.45. The molecule has 0 aliphatic carbocycles. The summed E-state index contributed by atoms with van der Waals surface area (Å²) in [5, 5.41) is 9.14. The molecule has 1 amide bonds. The number of hydrogen-bond acceptors (Lipinski definition) is 6. The molecular formula is C28H24F5N5O3S. The third-order valence-corrected chi connectivity index (χ3v) is 8.44. The molecule has 0 N–H and O–H groups in total. The number of amides is 1. The number of aromatic nitrogens is 3. The van der Waals surface area contributed by atoms with Crippen molar-refractivity contribution in [1.29, 1.82) is 5.26 Å². The van der Waals surface area contributed by atoms with E-state index in [1.165, 1.54) is 29.7 Å². The minimum absolute atomic E-state index is 0.129. The summed E-state index contributed by atoms with van der Waals surface area (Å²) in [4.78, 5) is 23.5. The van der Waals surface area contributed by atoms with Gasteiger partial charge in [-0.2, -0.15) is 18.4 Å². The molecule has 0 radical (unpaired) electrons. The van der Waals surface area contributed by atoms with E-state index in [1.807, 2.05) is 0 Å². The van der Waals surface area contributed by atoms with Crippen LogP contribution in [0.15, 0.2) is 54.9 Å². The van der Waals surface area contributed by atoms with Crippen molar-refractivity contribution in [3.8, 4) is 17.3 Å². The highest BCUT2D eigenvalue weighted by molar-refractivity contribution is 7.91. The lowest BCUT2D eigenvalue weighted by molar-refractivity contribution is -0.140. The van der Waals surface area contributed by atoms with Crippen LogP contribution in [0.4, 0.5) is 22.0 Å². The van der Waals surface area contributed by atoms with Crippen molar-refractivity contribution in [2.45, 2.75) is 32.5 Å². The number of halogens is 5. The summed E-state index contributed by atoms with van der Waals surface area (Å²) in [6.45, 7) is 2.66. The van der Waals surface area contributed by atoms with Crippen LogP contribution in [0.3, 0.4) is 0 Å². The second kappa shape index (κ2) is 11.8. The van der Waals surface area contributed by atoms with E-state index in [9.17, 15) is 35.2 Å². The van der Waals surface area contributed by atoms with Crippen LogP contribution in [-0.2, 0) is 27.2 Å². The number of carbonyl (C=O) groups is 1. The Morgan fingerprint density at radius 3 is 2.52 bits per heavy atom. The fourth-order valence-corrected chi connectivity index (χ4v) is 5.24. The Kier molecular flexibility index (Phi) is 8.63. The van der Waals surface area contributed by atoms with Crippen LogP contribution in [0.2, 0.25) is 0 Å². The summed E-state index contributed by atoms with van der Waals surface area (Å²) < 4.78 is 94.6. The zero-order valence-electron chi connectivity index (χ0n) is 22.4. The van der Waals surface area contributed by atoms with Gasteiger partial charge in [-0.25, -0.2) is 27.2 Å². The van der Waals surface area contributed by atoms with Crippen molar-refractivity contribution >= 4 is 21.5 Å². The van der Waals surface area contributed by atoms with Gasteiger partial charge in [0.2, 0.25) is 11.7 Å². The Morgan fingerprint density at radius 2 is 1.88 bits per heavy atom. The van der Waals surface area contributed by atoms with E-state index in [4.69, 9.17) is 5.26 Å². The van der Waals surface area contributed by atoms with Gasteiger partial charge in [0.15, 0.2) is 9.84 Å². The summed E-state index contributed by atoms with van der Waals surface area (Å²) in [5.74, 6) is -3.50. The first kappa shape index (κ1) is 30.6. The van der Waals surface area contributed by atoms with Crippen molar-refractivity contribution in [1.82, 2.24) is 19.3 Å². The molecule has 220 valence electrons. The van der Waals surface area contributed by atoms with Gasteiger partial charge in [-0.05, 0) is 42.8 Å². The van der Waals surface area contributed by atoms with Crippen LogP contribution >= 0.6 is 0 Å². The Bertz CT molecular complexity index is 1800. The molecule has 14 heteroatoms. The molecule has 0 spiro atoms. The van der Waals surface area contributed by atoms with Crippen molar-refractivity contribution in [2.24, 2.45) is 0 Å². The standard InChI is InChI=1S/C28H24F5N5O3S/c1-3-42(40,41)12-11-37(24(39)14-18-5-8-22(29)21(13-18)28(31,32)33)17(2)25-26(38-10-4-9-35-27(38)36-25)19-6-7-20(16-34)23(30)15-19/h4-10,13,15,17H,3,11-12,14H2,1-2H3. The van der Waals surface area contributed by atoms with Gasteiger partial charge >= 0.3 is 6.18 Å². The Hall–Kier alpha value is -4.38. The largest absolute Gasteiger partial charge is 0.419 e. The summed E-state index contributed by atoms with van der Waals surface area (Å²) in [5.41, 5.74) is -1.05. The molecule has 1 atom stereocenters. The number of nitrogens with zero attached hydrogens (tertiary/aromatic N) is 5. The van der Waals surface area contributed by atoms with Gasteiger partial charge in [-0.15, -0.1) is 0 Å². The third-order valence-electron chi connectivity index (χ3n) is 6.75. The highest BCUT2D eigenvalue weighted by atomic mass is 32.2. The first-order chi connectivity index (χ1) is 19.8. The van der Waals surface area contributed by atoms with Crippen molar-refractivity contribution in [2.75, 3.05) is 18.1 Å². The number of carbonyl (C=O) groups excluding carboxylic acids is 1. The topological polar surface area (TPSA) is 108 Å². The van der Waals surface area contributed by atoms with Gasteiger partial charge in [0.25, 0.3) is 0 Å². The lowest BCUT2D eigenvalue weighted by Gasteiger charge is -2.29. The third kappa shape index (κ3) is 6.41. The first-order valence-electron chi connectivity index (χ1n) is 12.6. The van der Waals surface area contributed by atoms with E-state index in [0.717, 1.165) is 17.0 Å². The molecule has 2 aromatic heterocycles. The molecule has 0 aliphatic rings. The van der Waals surface area contributed by atoms with E-state index in [1.54, 1.807) is 25.3 Å². The number of imidazole rings is 1.